The van der Waals surface area contributed by atoms with E-state index in [4.69, 9.17) is 24.5 Å². The zero-order valence-electron chi connectivity index (χ0n) is 15.3. The first-order chi connectivity index (χ1) is 13.5. The Labute approximate surface area is 160 Å². The highest BCUT2D eigenvalue weighted by molar-refractivity contribution is 5.88. The Morgan fingerprint density at radius 3 is 1.96 bits per heavy atom. The van der Waals surface area contributed by atoms with E-state index >= 15 is 0 Å². The second-order valence-electron chi connectivity index (χ2n) is 6.20. The molecule has 0 radical (unpaired) electrons. The lowest BCUT2D eigenvalue weighted by molar-refractivity contribution is 0.112. The maximum Gasteiger partial charge on any atom is 0.207 e. The van der Waals surface area contributed by atoms with E-state index in [9.17, 15) is 4.79 Å². The number of hydrogen-bond donors (Lipinski definition) is 1. The third-order valence-corrected chi connectivity index (χ3v) is 4.49. The number of carbonyl (C=O) groups excluding carboxylic acids is 1. The summed E-state index contributed by atoms with van der Waals surface area (Å²) >= 11 is 0. The minimum atomic E-state index is -0.0163. The first-order valence-electron chi connectivity index (χ1n) is 8.43. The maximum absolute atomic E-state index is 10.5. The SMILES string of the molecule is Cc1c(C#N)oc2cc(C=O)ccc12.Cc1c(C#N)oc2cc(CO)ccc12. The number of hydrogen-bond acceptors (Lipinski definition) is 6. The third kappa shape index (κ3) is 3.37. The summed E-state index contributed by atoms with van der Waals surface area (Å²) in [6, 6.07) is 14.5. The van der Waals surface area contributed by atoms with Crippen LogP contribution in [0.15, 0.2) is 45.2 Å². The van der Waals surface area contributed by atoms with Crippen LogP contribution in [0.25, 0.3) is 21.9 Å². The summed E-state index contributed by atoms with van der Waals surface area (Å²) in [5.74, 6) is 0.651. The molecule has 138 valence electrons. The zero-order valence-corrected chi connectivity index (χ0v) is 15.3. The van der Waals surface area contributed by atoms with E-state index in [2.05, 4.69) is 0 Å². The van der Waals surface area contributed by atoms with E-state index in [0.717, 1.165) is 33.7 Å². The molecule has 2 aromatic heterocycles. The van der Waals surface area contributed by atoms with E-state index in [-0.39, 0.29) is 6.61 Å². The smallest absolute Gasteiger partial charge is 0.207 e. The molecule has 6 nitrogen and oxygen atoms in total. The highest BCUT2D eigenvalue weighted by atomic mass is 16.3. The van der Waals surface area contributed by atoms with Gasteiger partial charge >= 0.3 is 0 Å². The van der Waals surface area contributed by atoms with E-state index in [1.165, 1.54) is 0 Å². The average Bonchev–Trinajstić information content (AvgIpc) is 3.23. The fourth-order valence-corrected chi connectivity index (χ4v) is 2.90. The van der Waals surface area contributed by atoms with E-state index in [0.29, 0.717) is 28.2 Å². The van der Waals surface area contributed by atoms with Gasteiger partial charge in [-0.05, 0) is 31.5 Å². The van der Waals surface area contributed by atoms with Gasteiger partial charge in [0.15, 0.2) is 0 Å². The fraction of sp³-hybridized carbons (Fsp3) is 0.136. The number of nitrogens with zero attached hydrogens (tertiary/aromatic N) is 2. The molecule has 0 aliphatic carbocycles. The molecule has 0 amide bonds. The number of benzene rings is 2. The van der Waals surface area contributed by atoms with Gasteiger partial charge < -0.3 is 13.9 Å². The summed E-state index contributed by atoms with van der Waals surface area (Å²) in [6.45, 7) is 3.66. The molecule has 0 fully saturated rings. The van der Waals surface area contributed by atoms with Gasteiger partial charge in [-0.3, -0.25) is 4.79 Å². The second-order valence-corrected chi connectivity index (χ2v) is 6.20. The monoisotopic (exact) mass is 372 g/mol. The summed E-state index contributed by atoms with van der Waals surface area (Å²) in [6.07, 6.45) is 0.753. The Kier molecular flexibility index (Phi) is 5.26. The Bertz CT molecular complexity index is 1270. The predicted molar refractivity (Wildman–Crippen MR) is 103 cm³/mol. The Hall–Kier alpha value is -3.87. The molecule has 0 aliphatic heterocycles. The zero-order chi connectivity index (χ0) is 20.3. The molecule has 28 heavy (non-hydrogen) atoms. The van der Waals surface area contributed by atoms with Crippen LogP contribution >= 0.6 is 0 Å². The lowest BCUT2D eigenvalue weighted by atomic mass is 10.1. The van der Waals surface area contributed by atoms with Gasteiger partial charge in [-0.15, -0.1) is 0 Å². The summed E-state index contributed by atoms with van der Waals surface area (Å²) in [5.41, 5.74) is 4.26. The molecule has 0 spiro atoms. The lowest BCUT2D eigenvalue weighted by Gasteiger charge is -1.94. The van der Waals surface area contributed by atoms with Gasteiger partial charge in [0.25, 0.3) is 0 Å². The first kappa shape index (κ1) is 18.9. The van der Waals surface area contributed by atoms with Gasteiger partial charge in [-0.1, -0.05) is 24.3 Å². The van der Waals surface area contributed by atoms with Crippen molar-refractivity contribution in [2.45, 2.75) is 20.5 Å². The molecule has 0 bridgehead atoms. The van der Waals surface area contributed by atoms with Crippen molar-refractivity contribution in [3.63, 3.8) is 0 Å². The van der Waals surface area contributed by atoms with Crippen LogP contribution in [0, 0.1) is 36.5 Å². The number of furan rings is 2. The first-order valence-corrected chi connectivity index (χ1v) is 8.43. The van der Waals surface area contributed by atoms with E-state index in [1.807, 2.05) is 38.1 Å². The highest BCUT2D eigenvalue weighted by Crippen LogP contribution is 2.26. The average molecular weight is 372 g/mol. The van der Waals surface area contributed by atoms with Gasteiger partial charge in [0.2, 0.25) is 11.5 Å². The molecule has 0 unspecified atom stereocenters. The molecule has 0 aliphatic rings. The Morgan fingerprint density at radius 1 is 0.929 bits per heavy atom. The number of aldehydes is 1. The molecule has 0 saturated heterocycles. The van der Waals surface area contributed by atoms with Crippen molar-refractivity contribution in [2.24, 2.45) is 0 Å². The quantitative estimate of drug-likeness (QED) is 0.517. The molecule has 0 atom stereocenters. The van der Waals surface area contributed by atoms with Crippen molar-refractivity contribution in [3.8, 4) is 12.1 Å². The van der Waals surface area contributed by atoms with Crippen molar-refractivity contribution >= 4 is 28.2 Å². The molecule has 0 saturated carbocycles. The summed E-state index contributed by atoms with van der Waals surface area (Å²) in [4.78, 5) is 10.5. The van der Waals surface area contributed by atoms with Gasteiger partial charge in [-0.25, -0.2) is 0 Å². The Balaban J connectivity index is 0.000000161. The van der Waals surface area contributed by atoms with Crippen LogP contribution in [-0.2, 0) is 6.61 Å². The number of rotatable bonds is 2. The number of nitriles is 2. The topological polar surface area (TPSA) is 111 Å². The van der Waals surface area contributed by atoms with Crippen LogP contribution in [-0.4, -0.2) is 11.4 Å². The molecule has 4 aromatic rings. The second kappa shape index (κ2) is 7.79. The number of carbonyl (C=O) groups is 1. The van der Waals surface area contributed by atoms with Crippen molar-refractivity contribution in [1.29, 1.82) is 10.5 Å². The largest absolute Gasteiger partial charge is 0.445 e. The standard InChI is InChI=1S/C11H9NO2.C11H7NO2/c2*1-7-9-3-2-8(6-13)4-10(9)14-11(7)5-12/h2-4,13H,6H2,1H3;2-4,6H,1H3. The number of aliphatic hydroxyl groups is 1. The number of fused-ring (bicyclic) bond motifs is 2. The number of aliphatic hydroxyl groups excluding tert-OH is 1. The molecular formula is C22H16N2O4. The third-order valence-electron chi connectivity index (χ3n) is 4.49. The van der Waals surface area contributed by atoms with Crippen molar-refractivity contribution in [1.82, 2.24) is 0 Å². The minimum Gasteiger partial charge on any atom is -0.445 e. The van der Waals surface area contributed by atoms with Crippen molar-refractivity contribution in [3.05, 3.63) is 70.2 Å². The van der Waals surface area contributed by atoms with Crippen LogP contribution in [0.1, 0.15) is 38.6 Å². The van der Waals surface area contributed by atoms with E-state index < -0.39 is 0 Å². The van der Waals surface area contributed by atoms with E-state index in [1.54, 1.807) is 24.3 Å². The molecule has 2 heterocycles. The molecule has 2 aromatic carbocycles. The van der Waals surface area contributed by atoms with Crippen LogP contribution in [0.4, 0.5) is 0 Å². The van der Waals surface area contributed by atoms with Crippen LogP contribution in [0.3, 0.4) is 0 Å². The highest BCUT2D eigenvalue weighted by Gasteiger charge is 2.10. The molecular weight excluding hydrogens is 356 g/mol. The van der Waals surface area contributed by atoms with Crippen LogP contribution in [0.5, 0.6) is 0 Å². The molecule has 1 N–H and O–H groups in total. The summed E-state index contributed by atoms with van der Waals surface area (Å²) < 4.78 is 10.6. The van der Waals surface area contributed by atoms with Gasteiger partial charge in [0.1, 0.15) is 29.6 Å². The lowest BCUT2D eigenvalue weighted by Crippen LogP contribution is -1.80. The minimum absolute atomic E-state index is 0.0163. The number of aryl methyl sites for hydroxylation is 2. The van der Waals surface area contributed by atoms with Crippen LogP contribution < -0.4 is 0 Å². The van der Waals surface area contributed by atoms with Crippen molar-refractivity contribution in [2.75, 3.05) is 0 Å². The van der Waals surface area contributed by atoms with Crippen molar-refractivity contribution < 1.29 is 18.7 Å². The fourth-order valence-electron chi connectivity index (χ4n) is 2.90. The molecule has 6 heteroatoms. The van der Waals surface area contributed by atoms with Crippen LogP contribution in [0.2, 0.25) is 0 Å². The predicted octanol–water partition coefficient (Wildman–Crippen LogP) is 4.53. The normalized spacial score (nSPS) is 10.2. The molecule has 4 rings (SSSR count). The summed E-state index contributed by atoms with van der Waals surface area (Å²) in [5, 5.41) is 28.2. The van der Waals surface area contributed by atoms with Gasteiger partial charge in [-0.2, -0.15) is 10.5 Å². The summed E-state index contributed by atoms with van der Waals surface area (Å²) in [7, 11) is 0. The van der Waals surface area contributed by atoms with Gasteiger partial charge in [0.05, 0.1) is 6.61 Å². The van der Waals surface area contributed by atoms with Gasteiger partial charge in [0, 0.05) is 27.5 Å². The Morgan fingerprint density at radius 2 is 1.46 bits per heavy atom. The maximum atomic E-state index is 10.5.